The fourth-order valence-corrected chi connectivity index (χ4v) is 5.71. The van der Waals surface area contributed by atoms with Gasteiger partial charge in [0.15, 0.2) is 5.65 Å². The Morgan fingerprint density at radius 3 is 2.67 bits per heavy atom. The Balaban J connectivity index is 1.54. The lowest BCUT2D eigenvalue weighted by atomic mass is 9.97. The van der Waals surface area contributed by atoms with E-state index in [4.69, 9.17) is 14.8 Å². The van der Waals surface area contributed by atoms with Crippen LogP contribution < -0.4 is 9.62 Å². The zero-order chi connectivity index (χ0) is 25.4. The predicted molar refractivity (Wildman–Crippen MR) is 142 cm³/mol. The maximum atomic E-state index is 13.9. The Morgan fingerprint density at radius 2 is 1.92 bits per heavy atom. The number of likely N-dealkylation sites (tertiary alicyclic amines) is 1. The number of morpholine rings is 1. The summed E-state index contributed by atoms with van der Waals surface area (Å²) in [5.41, 5.74) is 5.86. The van der Waals surface area contributed by atoms with Gasteiger partial charge in [-0.3, -0.25) is 4.79 Å². The number of amides is 1. The highest BCUT2D eigenvalue weighted by atomic mass is 32.2. The van der Waals surface area contributed by atoms with Crippen molar-refractivity contribution in [2.24, 2.45) is 0 Å². The third kappa shape index (κ3) is 4.77. The monoisotopic (exact) mass is 510 g/mol. The number of rotatable bonds is 5. The molecule has 1 aromatic carbocycles. The number of hydrogen-bond donors (Lipinski definition) is 1. The zero-order valence-corrected chi connectivity index (χ0v) is 22.2. The summed E-state index contributed by atoms with van der Waals surface area (Å²) >= 11 is -1.28. The van der Waals surface area contributed by atoms with Crippen molar-refractivity contribution in [1.82, 2.24) is 19.5 Å². The number of aryl methyl sites for hydroxylation is 2. The number of ether oxygens (including phenoxy) is 1. The van der Waals surface area contributed by atoms with E-state index in [1.165, 1.54) is 0 Å². The molecule has 0 spiro atoms. The van der Waals surface area contributed by atoms with Crippen LogP contribution in [0.5, 0.6) is 0 Å². The third-order valence-corrected chi connectivity index (χ3v) is 7.65. The van der Waals surface area contributed by atoms with Crippen molar-refractivity contribution in [3.63, 3.8) is 0 Å². The number of carbonyl (C=O) groups excluding carboxylic acids is 1. The lowest BCUT2D eigenvalue weighted by molar-refractivity contribution is 0.0606. The maximum absolute atomic E-state index is 13.9. The van der Waals surface area contributed by atoms with Crippen LogP contribution in [0.25, 0.3) is 5.65 Å². The van der Waals surface area contributed by atoms with Crippen LogP contribution in [-0.4, -0.2) is 69.1 Å². The van der Waals surface area contributed by atoms with E-state index in [1.807, 2.05) is 47.5 Å². The molecule has 2 aliphatic rings. The Hall–Kier alpha value is -2.82. The van der Waals surface area contributed by atoms with E-state index >= 15 is 0 Å². The van der Waals surface area contributed by atoms with Crippen LogP contribution >= 0.6 is 0 Å². The van der Waals surface area contributed by atoms with E-state index in [-0.39, 0.29) is 11.9 Å². The molecule has 0 bridgehead atoms. The molecule has 5 rings (SSSR count). The molecule has 2 atom stereocenters. The summed E-state index contributed by atoms with van der Waals surface area (Å²) in [4.78, 5) is 23.0. The quantitative estimate of drug-likeness (QED) is 0.524. The molecule has 36 heavy (non-hydrogen) atoms. The molecule has 2 aliphatic heterocycles. The molecule has 1 unspecified atom stereocenters. The molecular weight excluding hydrogens is 476 g/mol. The smallest absolute Gasteiger partial charge is 0.256 e. The molecule has 2 aromatic heterocycles. The fraction of sp³-hybridized carbons (Fsp3) is 0.500. The zero-order valence-electron chi connectivity index (χ0n) is 21.4. The summed E-state index contributed by atoms with van der Waals surface area (Å²) in [7, 11) is 0. The summed E-state index contributed by atoms with van der Waals surface area (Å²) in [5, 5.41) is 5.04. The first-order chi connectivity index (χ1) is 17.3. The minimum absolute atomic E-state index is 0.0675. The van der Waals surface area contributed by atoms with Gasteiger partial charge in [-0.05, 0) is 52.2 Å². The second-order valence-electron chi connectivity index (χ2n) is 9.70. The molecular formula is C26H34N6O3S. The van der Waals surface area contributed by atoms with Gasteiger partial charge in [-0.2, -0.15) is 9.61 Å². The molecule has 0 saturated carbocycles. The summed E-state index contributed by atoms with van der Waals surface area (Å²) in [6.45, 7) is 9.74. The van der Waals surface area contributed by atoms with Crippen LogP contribution in [0.4, 0.5) is 11.5 Å². The van der Waals surface area contributed by atoms with Gasteiger partial charge in [0.25, 0.3) is 5.91 Å². The van der Waals surface area contributed by atoms with Crippen molar-refractivity contribution in [3.05, 3.63) is 52.3 Å². The molecule has 0 aliphatic carbocycles. The number of piperidine rings is 1. The highest BCUT2D eigenvalue weighted by Crippen LogP contribution is 2.35. The number of nitrogens with zero attached hydrogens (tertiary/aromatic N) is 5. The van der Waals surface area contributed by atoms with Crippen molar-refractivity contribution in [2.45, 2.75) is 46.1 Å². The number of nitrogens with one attached hydrogen (secondary N) is 1. The van der Waals surface area contributed by atoms with Crippen LogP contribution in [0.15, 0.2) is 24.3 Å². The highest BCUT2D eigenvalue weighted by molar-refractivity contribution is 7.92. The first kappa shape index (κ1) is 24.9. The third-order valence-electron chi connectivity index (χ3n) is 7.15. The second-order valence-corrected chi connectivity index (χ2v) is 10.8. The van der Waals surface area contributed by atoms with E-state index in [2.05, 4.69) is 16.5 Å². The number of benzene rings is 1. The number of anilines is 2. The Labute approximate surface area is 215 Å². The topological polar surface area (TPSA) is 98.1 Å². The molecule has 9 nitrogen and oxygen atoms in total. The Morgan fingerprint density at radius 1 is 1.14 bits per heavy atom. The number of hydrogen-bond acceptors (Lipinski definition) is 7. The highest BCUT2D eigenvalue weighted by Gasteiger charge is 2.33. The van der Waals surface area contributed by atoms with Gasteiger partial charge >= 0.3 is 0 Å². The minimum atomic E-state index is -1.28. The van der Waals surface area contributed by atoms with Crippen molar-refractivity contribution in [1.29, 1.82) is 0 Å². The summed E-state index contributed by atoms with van der Waals surface area (Å²) in [6, 6.07) is 7.51. The lowest BCUT2D eigenvalue weighted by Crippen LogP contribution is -2.39. The molecule has 3 aromatic rings. The van der Waals surface area contributed by atoms with Crippen LogP contribution in [0, 0.1) is 20.8 Å². The van der Waals surface area contributed by atoms with Gasteiger partial charge in [-0.15, -0.1) is 0 Å². The first-order valence-electron chi connectivity index (χ1n) is 12.5. The number of aromatic nitrogens is 3. The van der Waals surface area contributed by atoms with Gasteiger partial charge in [0, 0.05) is 37.0 Å². The van der Waals surface area contributed by atoms with Crippen molar-refractivity contribution < 1.29 is 14.1 Å². The molecule has 4 heterocycles. The predicted octanol–water partition coefficient (Wildman–Crippen LogP) is 3.56. The van der Waals surface area contributed by atoms with E-state index in [1.54, 1.807) is 6.26 Å². The first-order valence-corrected chi connectivity index (χ1v) is 14.1. The van der Waals surface area contributed by atoms with E-state index in [0.717, 1.165) is 66.3 Å². The van der Waals surface area contributed by atoms with Crippen molar-refractivity contribution >= 4 is 34.4 Å². The molecule has 2 fully saturated rings. The van der Waals surface area contributed by atoms with Crippen molar-refractivity contribution in [2.75, 3.05) is 48.7 Å². The molecule has 2 saturated heterocycles. The van der Waals surface area contributed by atoms with Gasteiger partial charge in [0.05, 0.1) is 47.6 Å². The molecule has 10 heteroatoms. The second kappa shape index (κ2) is 10.3. The van der Waals surface area contributed by atoms with E-state index in [9.17, 15) is 9.35 Å². The van der Waals surface area contributed by atoms with Crippen molar-refractivity contribution in [3.8, 4) is 0 Å². The average molecular weight is 511 g/mol. The van der Waals surface area contributed by atoms with Gasteiger partial charge in [0.2, 0.25) is 0 Å². The fourth-order valence-electron chi connectivity index (χ4n) is 5.23. The molecule has 1 N–H and O–H groups in total. The summed E-state index contributed by atoms with van der Waals surface area (Å²) < 4.78 is 22.3. The minimum Gasteiger partial charge on any atom is -0.593 e. The average Bonchev–Trinajstić information content (AvgIpc) is 3.28. The Kier molecular flexibility index (Phi) is 7.09. The summed E-state index contributed by atoms with van der Waals surface area (Å²) in [5.74, 6) is 0.985. The standard InChI is InChI=1S/C26H34N6O3S/c1-17-8-9-21(29-36(4)34)20(15-17)26(33)31-10-6-5-7-23(31)22-16-24-27-19(3)18(2)25(32(24)28-22)30-11-13-35-14-12-30/h8-9,15-16,23,29H,5-7,10-14H2,1-4H3/t23-,36?/m0/s1. The van der Waals surface area contributed by atoms with Crippen LogP contribution in [0.2, 0.25) is 0 Å². The van der Waals surface area contributed by atoms with Gasteiger partial charge in [0.1, 0.15) is 12.1 Å². The van der Waals surface area contributed by atoms with Gasteiger partial charge < -0.3 is 19.1 Å². The molecule has 1 amide bonds. The lowest BCUT2D eigenvalue weighted by Gasteiger charge is -2.35. The normalized spacial score (nSPS) is 19.5. The largest absolute Gasteiger partial charge is 0.593 e. The maximum Gasteiger partial charge on any atom is 0.256 e. The van der Waals surface area contributed by atoms with Crippen LogP contribution in [0.3, 0.4) is 0 Å². The Bertz CT molecular complexity index is 1270. The SMILES string of the molecule is Cc1ccc(N[S+](C)[O-])c(C(=O)N2CCCC[C@H]2c2cc3nc(C)c(C)c(N4CCOCC4)n3n2)c1. The number of fused-ring (bicyclic) bond motifs is 1. The molecule has 192 valence electrons. The van der Waals surface area contributed by atoms with Crippen LogP contribution in [-0.2, 0) is 16.1 Å². The molecule has 0 radical (unpaired) electrons. The van der Waals surface area contributed by atoms with Gasteiger partial charge in [-0.25, -0.2) is 9.71 Å². The van der Waals surface area contributed by atoms with E-state index in [0.29, 0.717) is 31.0 Å². The van der Waals surface area contributed by atoms with E-state index < -0.39 is 11.4 Å². The number of carbonyl (C=O) groups is 1. The summed E-state index contributed by atoms with van der Waals surface area (Å²) in [6.07, 6.45) is 4.38. The van der Waals surface area contributed by atoms with Gasteiger partial charge in [-0.1, -0.05) is 11.6 Å². The van der Waals surface area contributed by atoms with Crippen LogP contribution in [0.1, 0.15) is 58.2 Å².